The van der Waals surface area contributed by atoms with Crippen LogP contribution in [0.25, 0.3) is 0 Å². The average Bonchev–Trinajstić information content (AvgIpc) is 2.34. The van der Waals surface area contributed by atoms with Crippen LogP contribution >= 0.6 is 0 Å². The number of nitrogens with two attached hydrogens (primary N) is 1. The monoisotopic (exact) mass is 227 g/mol. The summed E-state index contributed by atoms with van der Waals surface area (Å²) in [6.07, 6.45) is 3.33. The van der Waals surface area contributed by atoms with Crippen molar-refractivity contribution < 1.29 is 0 Å². The van der Waals surface area contributed by atoms with Gasteiger partial charge in [-0.05, 0) is 31.0 Å². The van der Waals surface area contributed by atoms with Crippen molar-refractivity contribution in [1.82, 2.24) is 9.97 Å². The van der Waals surface area contributed by atoms with Gasteiger partial charge in [-0.3, -0.25) is 0 Å². The van der Waals surface area contributed by atoms with Gasteiger partial charge in [0.15, 0.2) is 0 Å². The zero-order valence-corrected chi connectivity index (χ0v) is 10.2. The van der Waals surface area contributed by atoms with Crippen molar-refractivity contribution in [2.45, 2.75) is 19.8 Å². The third kappa shape index (κ3) is 2.50. The Morgan fingerprint density at radius 3 is 2.65 bits per heavy atom. The van der Waals surface area contributed by atoms with Gasteiger partial charge >= 0.3 is 0 Å². The second-order valence-corrected chi connectivity index (χ2v) is 4.28. The van der Waals surface area contributed by atoms with Gasteiger partial charge in [0.2, 0.25) is 0 Å². The smallest absolute Gasteiger partial charge is 0.115 e. The molecule has 0 fully saturated rings. The van der Waals surface area contributed by atoms with E-state index in [1.807, 2.05) is 6.07 Å². The van der Waals surface area contributed by atoms with E-state index in [1.165, 1.54) is 16.7 Å². The van der Waals surface area contributed by atoms with E-state index >= 15 is 0 Å². The molecule has 3 heteroatoms. The Labute approximate surface area is 102 Å². The van der Waals surface area contributed by atoms with Gasteiger partial charge in [-0.1, -0.05) is 23.8 Å². The molecule has 1 aromatic carbocycles. The standard InChI is InChI=1S/C14H17N3/c1-10-3-4-12(11(2)7-10)13(8-15)14-5-6-16-9-17-14/h3-7,9,13H,8,15H2,1-2H3. The highest BCUT2D eigenvalue weighted by Crippen LogP contribution is 2.25. The number of benzene rings is 1. The van der Waals surface area contributed by atoms with E-state index in [-0.39, 0.29) is 5.92 Å². The molecule has 88 valence electrons. The van der Waals surface area contributed by atoms with E-state index in [0.717, 1.165) is 5.69 Å². The van der Waals surface area contributed by atoms with Crippen molar-refractivity contribution in [2.75, 3.05) is 6.54 Å². The molecule has 3 nitrogen and oxygen atoms in total. The highest BCUT2D eigenvalue weighted by molar-refractivity contribution is 5.37. The second-order valence-electron chi connectivity index (χ2n) is 4.28. The summed E-state index contributed by atoms with van der Waals surface area (Å²) in [5, 5.41) is 0. The third-order valence-electron chi connectivity index (χ3n) is 3.00. The Morgan fingerprint density at radius 2 is 2.06 bits per heavy atom. The van der Waals surface area contributed by atoms with Crippen LogP contribution in [-0.2, 0) is 0 Å². The van der Waals surface area contributed by atoms with Crippen LogP contribution in [0.4, 0.5) is 0 Å². The topological polar surface area (TPSA) is 51.8 Å². The number of nitrogens with zero attached hydrogens (tertiary/aromatic N) is 2. The molecule has 2 N–H and O–H groups in total. The summed E-state index contributed by atoms with van der Waals surface area (Å²) in [6, 6.07) is 8.37. The molecular weight excluding hydrogens is 210 g/mol. The van der Waals surface area contributed by atoms with Crippen LogP contribution in [0.15, 0.2) is 36.8 Å². The van der Waals surface area contributed by atoms with Crippen LogP contribution in [0.1, 0.15) is 28.3 Å². The highest BCUT2D eigenvalue weighted by Gasteiger charge is 2.15. The fourth-order valence-electron chi connectivity index (χ4n) is 2.13. The maximum Gasteiger partial charge on any atom is 0.115 e. The van der Waals surface area contributed by atoms with E-state index in [9.17, 15) is 0 Å². The van der Waals surface area contributed by atoms with E-state index in [2.05, 4.69) is 42.0 Å². The predicted octanol–water partition coefficient (Wildman–Crippen LogP) is 2.18. The molecular formula is C14H17N3. The molecule has 0 aliphatic rings. The van der Waals surface area contributed by atoms with Crippen molar-refractivity contribution in [2.24, 2.45) is 5.73 Å². The maximum atomic E-state index is 5.88. The van der Waals surface area contributed by atoms with Gasteiger partial charge in [0.25, 0.3) is 0 Å². The molecule has 1 unspecified atom stereocenters. The van der Waals surface area contributed by atoms with Gasteiger partial charge in [-0.25, -0.2) is 9.97 Å². The molecule has 1 atom stereocenters. The zero-order chi connectivity index (χ0) is 12.3. The number of aromatic nitrogens is 2. The van der Waals surface area contributed by atoms with Crippen molar-refractivity contribution in [3.63, 3.8) is 0 Å². The molecule has 1 aromatic heterocycles. The molecule has 0 aliphatic carbocycles. The Balaban J connectivity index is 2.42. The minimum atomic E-state index is 0.151. The third-order valence-corrected chi connectivity index (χ3v) is 3.00. The van der Waals surface area contributed by atoms with Crippen LogP contribution in [0.3, 0.4) is 0 Å². The summed E-state index contributed by atoms with van der Waals surface area (Å²) in [4.78, 5) is 8.24. The van der Waals surface area contributed by atoms with Crippen molar-refractivity contribution in [3.05, 3.63) is 59.2 Å². The maximum absolute atomic E-state index is 5.88. The van der Waals surface area contributed by atoms with Crippen molar-refractivity contribution in [1.29, 1.82) is 0 Å². The van der Waals surface area contributed by atoms with Gasteiger partial charge < -0.3 is 5.73 Å². The summed E-state index contributed by atoms with van der Waals surface area (Å²) in [5.41, 5.74) is 10.6. The summed E-state index contributed by atoms with van der Waals surface area (Å²) in [7, 11) is 0. The second kappa shape index (κ2) is 5.06. The lowest BCUT2D eigenvalue weighted by Crippen LogP contribution is -2.16. The summed E-state index contributed by atoms with van der Waals surface area (Å²) in [5.74, 6) is 0.151. The van der Waals surface area contributed by atoms with Crippen LogP contribution in [-0.4, -0.2) is 16.5 Å². The minimum Gasteiger partial charge on any atom is -0.329 e. The molecule has 0 saturated carbocycles. The van der Waals surface area contributed by atoms with Gasteiger partial charge in [-0.2, -0.15) is 0 Å². The van der Waals surface area contributed by atoms with E-state index in [1.54, 1.807) is 12.5 Å². The first-order valence-electron chi connectivity index (χ1n) is 5.75. The first-order chi connectivity index (χ1) is 8.22. The number of aryl methyl sites for hydroxylation is 2. The number of hydrogen-bond donors (Lipinski definition) is 1. The summed E-state index contributed by atoms with van der Waals surface area (Å²) in [6.45, 7) is 4.77. The largest absolute Gasteiger partial charge is 0.329 e. The fourth-order valence-corrected chi connectivity index (χ4v) is 2.13. The molecule has 0 saturated heterocycles. The highest BCUT2D eigenvalue weighted by atomic mass is 14.8. The normalized spacial score (nSPS) is 12.4. The Morgan fingerprint density at radius 1 is 1.24 bits per heavy atom. The lowest BCUT2D eigenvalue weighted by Gasteiger charge is -2.17. The molecule has 0 radical (unpaired) electrons. The summed E-state index contributed by atoms with van der Waals surface area (Å²) < 4.78 is 0. The predicted molar refractivity (Wildman–Crippen MR) is 68.8 cm³/mol. The van der Waals surface area contributed by atoms with Gasteiger partial charge in [0.1, 0.15) is 6.33 Å². The van der Waals surface area contributed by atoms with Gasteiger partial charge in [0, 0.05) is 18.7 Å². The lowest BCUT2D eigenvalue weighted by atomic mass is 9.91. The van der Waals surface area contributed by atoms with E-state index < -0.39 is 0 Å². The minimum absolute atomic E-state index is 0.151. The average molecular weight is 227 g/mol. The first-order valence-corrected chi connectivity index (χ1v) is 5.75. The zero-order valence-electron chi connectivity index (χ0n) is 10.2. The van der Waals surface area contributed by atoms with E-state index in [4.69, 9.17) is 5.73 Å². The van der Waals surface area contributed by atoms with E-state index in [0.29, 0.717) is 6.54 Å². The Hall–Kier alpha value is -1.74. The van der Waals surface area contributed by atoms with Crippen molar-refractivity contribution >= 4 is 0 Å². The lowest BCUT2D eigenvalue weighted by molar-refractivity contribution is 0.775. The van der Waals surface area contributed by atoms with Crippen LogP contribution < -0.4 is 5.73 Å². The fraction of sp³-hybridized carbons (Fsp3) is 0.286. The van der Waals surface area contributed by atoms with Crippen LogP contribution in [0.5, 0.6) is 0 Å². The summed E-state index contributed by atoms with van der Waals surface area (Å²) >= 11 is 0. The number of rotatable bonds is 3. The van der Waals surface area contributed by atoms with Gasteiger partial charge in [-0.15, -0.1) is 0 Å². The molecule has 0 amide bonds. The van der Waals surface area contributed by atoms with Crippen LogP contribution in [0, 0.1) is 13.8 Å². The molecule has 0 aliphatic heterocycles. The quantitative estimate of drug-likeness (QED) is 0.874. The molecule has 0 spiro atoms. The molecule has 2 rings (SSSR count). The number of hydrogen-bond acceptors (Lipinski definition) is 3. The molecule has 2 aromatic rings. The Bertz CT molecular complexity index is 494. The molecule has 0 bridgehead atoms. The Kier molecular flexibility index (Phi) is 3.49. The SMILES string of the molecule is Cc1ccc(C(CN)c2ccncn2)c(C)c1. The van der Waals surface area contributed by atoms with Crippen molar-refractivity contribution in [3.8, 4) is 0 Å². The van der Waals surface area contributed by atoms with Gasteiger partial charge in [0.05, 0.1) is 5.69 Å². The first kappa shape index (κ1) is 11.7. The molecule has 17 heavy (non-hydrogen) atoms. The van der Waals surface area contributed by atoms with Crippen LogP contribution in [0.2, 0.25) is 0 Å². The molecule has 1 heterocycles.